The molecule has 0 spiro atoms. The first-order valence-corrected chi connectivity index (χ1v) is 7.76. The molecule has 1 amide bonds. The molecule has 1 aliphatic heterocycles. The van der Waals surface area contributed by atoms with Crippen LogP contribution in [0.15, 0.2) is 42.6 Å². The normalized spacial score (nSPS) is 17.1. The molecule has 6 nitrogen and oxygen atoms in total. The van der Waals surface area contributed by atoms with Crippen LogP contribution in [0.3, 0.4) is 0 Å². The van der Waals surface area contributed by atoms with E-state index < -0.39 is 0 Å². The lowest BCUT2D eigenvalue weighted by Gasteiger charge is -2.25. The number of amides is 1. The molecule has 6 heteroatoms. The molecule has 3 rings (SSSR count). The van der Waals surface area contributed by atoms with Gasteiger partial charge in [0.25, 0.3) is 5.91 Å². The number of pyridine rings is 2. The highest BCUT2D eigenvalue weighted by atomic mass is 16.5. The van der Waals surface area contributed by atoms with Crippen molar-refractivity contribution < 1.29 is 9.53 Å². The van der Waals surface area contributed by atoms with Gasteiger partial charge in [0.05, 0.1) is 18.3 Å². The average Bonchev–Trinajstić information content (AvgIpc) is 3.08. The Bertz CT molecular complexity index is 657. The molecule has 0 saturated carbocycles. The Morgan fingerprint density at radius 2 is 2.22 bits per heavy atom. The SMILES string of the molecule is Nc1cccc(C(=O)N(Cc2ccccn2)C[C@H]2CCCO2)n1. The van der Waals surface area contributed by atoms with Gasteiger partial charge < -0.3 is 15.4 Å². The van der Waals surface area contributed by atoms with Crippen LogP contribution in [0.5, 0.6) is 0 Å². The second-order valence-electron chi connectivity index (χ2n) is 5.59. The molecule has 2 aromatic rings. The van der Waals surface area contributed by atoms with Crippen molar-refractivity contribution in [1.29, 1.82) is 0 Å². The first kappa shape index (κ1) is 15.4. The van der Waals surface area contributed by atoms with Crippen molar-refractivity contribution in [3.8, 4) is 0 Å². The van der Waals surface area contributed by atoms with Gasteiger partial charge in [0.1, 0.15) is 11.5 Å². The number of aromatic nitrogens is 2. The fourth-order valence-electron chi connectivity index (χ4n) is 2.67. The molecule has 1 saturated heterocycles. The lowest BCUT2D eigenvalue weighted by atomic mass is 10.2. The van der Waals surface area contributed by atoms with Gasteiger partial charge in [-0.1, -0.05) is 12.1 Å². The van der Waals surface area contributed by atoms with Gasteiger partial charge in [-0.15, -0.1) is 0 Å². The number of ether oxygens (including phenoxy) is 1. The third-order valence-corrected chi connectivity index (χ3v) is 3.80. The highest BCUT2D eigenvalue weighted by Crippen LogP contribution is 2.16. The highest BCUT2D eigenvalue weighted by Gasteiger charge is 2.24. The quantitative estimate of drug-likeness (QED) is 0.911. The Labute approximate surface area is 135 Å². The Kier molecular flexibility index (Phi) is 4.83. The van der Waals surface area contributed by atoms with Gasteiger partial charge in [-0.05, 0) is 37.1 Å². The summed E-state index contributed by atoms with van der Waals surface area (Å²) in [7, 11) is 0. The molecule has 0 aromatic carbocycles. The van der Waals surface area contributed by atoms with Crippen molar-refractivity contribution in [2.24, 2.45) is 0 Å². The fraction of sp³-hybridized carbons (Fsp3) is 0.353. The van der Waals surface area contributed by atoms with Crippen LogP contribution < -0.4 is 5.73 Å². The molecule has 2 N–H and O–H groups in total. The maximum absolute atomic E-state index is 12.8. The third kappa shape index (κ3) is 4.04. The van der Waals surface area contributed by atoms with Crippen LogP contribution in [0.1, 0.15) is 29.0 Å². The third-order valence-electron chi connectivity index (χ3n) is 3.80. The molecule has 0 bridgehead atoms. The molecule has 1 aliphatic rings. The van der Waals surface area contributed by atoms with Crippen molar-refractivity contribution >= 4 is 11.7 Å². The van der Waals surface area contributed by atoms with Crippen molar-refractivity contribution in [1.82, 2.24) is 14.9 Å². The van der Waals surface area contributed by atoms with E-state index in [9.17, 15) is 4.79 Å². The summed E-state index contributed by atoms with van der Waals surface area (Å²) in [4.78, 5) is 23.0. The zero-order valence-corrected chi connectivity index (χ0v) is 12.9. The second kappa shape index (κ2) is 7.19. The number of carbonyl (C=O) groups excluding carboxylic acids is 1. The first-order chi connectivity index (χ1) is 11.2. The summed E-state index contributed by atoms with van der Waals surface area (Å²) in [5.74, 6) is 0.184. The molecule has 1 fully saturated rings. The van der Waals surface area contributed by atoms with Crippen molar-refractivity contribution in [3.05, 3.63) is 54.0 Å². The van der Waals surface area contributed by atoms with Crippen LogP contribution in [0, 0.1) is 0 Å². The summed E-state index contributed by atoms with van der Waals surface area (Å²) < 4.78 is 5.67. The van der Waals surface area contributed by atoms with Crippen LogP contribution in [-0.2, 0) is 11.3 Å². The monoisotopic (exact) mass is 312 g/mol. The molecule has 120 valence electrons. The topological polar surface area (TPSA) is 81.3 Å². The lowest BCUT2D eigenvalue weighted by molar-refractivity contribution is 0.0500. The lowest BCUT2D eigenvalue weighted by Crippen LogP contribution is -2.37. The summed E-state index contributed by atoms with van der Waals surface area (Å²) >= 11 is 0. The van der Waals surface area contributed by atoms with Crippen molar-refractivity contribution in [2.75, 3.05) is 18.9 Å². The molecule has 2 aromatic heterocycles. The number of rotatable bonds is 5. The number of hydrogen-bond donors (Lipinski definition) is 1. The second-order valence-corrected chi connectivity index (χ2v) is 5.59. The summed E-state index contributed by atoms with van der Waals surface area (Å²) in [6.07, 6.45) is 3.80. The Morgan fingerprint density at radius 3 is 2.91 bits per heavy atom. The number of carbonyl (C=O) groups is 1. The number of nitrogen functional groups attached to an aromatic ring is 1. The minimum absolute atomic E-state index is 0.0729. The zero-order valence-electron chi connectivity index (χ0n) is 12.9. The minimum atomic E-state index is -0.154. The van der Waals surface area contributed by atoms with E-state index in [1.807, 2.05) is 18.2 Å². The first-order valence-electron chi connectivity index (χ1n) is 7.76. The minimum Gasteiger partial charge on any atom is -0.384 e. The zero-order chi connectivity index (χ0) is 16.1. The molecule has 23 heavy (non-hydrogen) atoms. The molecule has 1 atom stereocenters. The molecular weight excluding hydrogens is 292 g/mol. The average molecular weight is 312 g/mol. The van der Waals surface area contributed by atoms with E-state index in [4.69, 9.17) is 10.5 Å². The molecular formula is C17H20N4O2. The Balaban J connectivity index is 1.79. The maximum atomic E-state index is 12.8. The molecule has 0 radical (unpaired) electrons. The van der Waals surface area contributed by atoms with Gasteiger partial charge in [0.2, 0.25) is 0 Å². The smallest absolute Gasteiger partial charge is 0.272 e. The predicted octanol–water partition coefficient (Wildman–Crippen LogP) is 1.88. The number of anilines is 1. The molecule has 0 aliphatic carbocycles. The summed E-state index contributed by atoms with van der Waals surface area (Å²) in [6.45, 7) is 1.72. The standard InChI is InChI=1S/C17H20N4O2/c18-16-8-3-7-15(20-16)17(22)21(12-14-6-4-10-23-14)11-13-5-1-2-9-19-13/h1-3,5,7-9,14H,4,6,10-12H2,(H2,18,20)/t14-/m1/s1. The van der Waals surface area contributed by atoms with Crippen LogP contribution in [0.4, 0.5) is 5.82 Å². The van der Waals surface area contributed by atoms with E-state index in [0.717, 1.165) is 25.1 Å². The van der Waals surface area contributed by atoms with Gasteiger partial charge in [0.15, 0.2) is 0 Å². The maximum Gasteiger partial charge on any atom is 0.272 e. The van der Waals surface area contributed by atoms with Crippen LogP contribution in [0.25, 0.3) is 0 Å². The van der Waals surface area contributed by atoms with Gasteiger partial charge in [-0.25, -0.2) is 4.98 Å². The van der Waals surface area contributed by atoms with E-state index in [2.05, 4.69) is 9.97 Å². The highest BCUT2D eigenvalue weighted by molar-refractivity contribution is 5.92. The van der Waals surface area contributed by atoms with Gasteiger partial charge in [-0.3, -0.25) is 9.78 Å². The largest absolute Gasteiger partial charge is 0.384 e. The van der Waals surface area contributed by atoms with E-state index in [-0.39, 0.29) is 12.0 Å². The number of hydrogen-bond acceptors (Lipinski definition) is 5. The summed E-state index contributed by atoms with van der Waals surface area (Å²) in [5.41, 5.74) is 6.88. The van der Waals surface area contributed by atoms with Crippen molar-refractivity contribution in [2.45, 2.75) is 25.5 Å². The fourth-order valence-corrected chi connectivity index (χ4v) is 2.67. The van der Waals surface area contributed by atoms with Crippen LogP contribution in [-0.4, -0.2) is 40.0 Å². The van der Waals surface area contributed by atoms with Gasteiger partial charge in [0, 0.05) is 19.3 Å². The Morgan fingerprint density at radius 1 is 1.30 bits per heavy atom. The van der Waals surface area contributed by atoms with E-state index >= 15 is 0 Å². The van der Waals surface area contributed by atoms with E-state index in [1.54, 1.807) is 29.3 Å². The number of nitrogens with zero attached hydrogens (tertiary/aromatic N) is 3. The summed E-state index contributed by atoms with van der Waals surface area (Å²) in [5, 5.41) is 0. The van der Waals surface area contributed by atoms with E-state index in [1.165, 1.54) is 0 Å². The van der Waals surface area contributed by atoms with Crippen LogP contribution >= 0.6 is 0 Å². The predicted molar refractivity (Wildman–Crippen MR) is 86.6 cm³/mol. The number of nitrogens with two attached hydrogens (primary N) is 1. The van der Waals surface area contributed by atoms with Crippen molar-refractivity contribution in [3.63, 3.8) is 0 Å². The Hall–Kier alpha value is -2.47. The summed E-state index contributed by atoms with van der Waals surface area (Å²) in [6, 6.07) is 10.8. The molecule has 3 heterocycles. The van der Waals surface area contributed by atoms with E-state index in [0.29, 0.717) is 24.6 Å². The van der Waals surface area contributed by atoms with Crippen LogP contribution in [0.2, 0.25) is 0 Å². The molecule has 0 unspecified atom stereocenters. The van der Waals surface area contributed by atoms with Gasteiger partial charge in [-0.2, -0.15) is 0 Å². The van der Waals surface area contributed by atoms with Gasteiger partial charge >= 0.3 is 0 Å².